The average Bonchev–Trinajstić information content (AvgIpc) is 2.56. The van der Waals surface area contributed by atoms with Crippen LogP contribution in [0.5, 0.6) is 0 Å². The maximum absolute atomic E-state index is 13.2. The van der Waals surface area contributed by atoms with Gasteiger partial charge in [0.2, 0.25) is 0 Å². The molecule has 0 aliphatic heterocycles. The van der Waals surface area contributed by atoms with Crippen molar-refractivity contribution in [2.75, 3.05) is 0 Å². The predicted octanol–water partition coefficient (Wildman–Crippen LogP) is 4.15. The predicted molar refractivity (Wildman–Crippen MR) is 73.0 cm³/mol. The molecule has 1 aromatic carbocycles. The third-order valence-electron chi connectivity index (χ3n) is 3.23. The van der Waals surface area contributed by atoms with Crippen molar-refractivity contribution in [2.45, 2.75) is 26.8 Å². The van der Waals surface area contributed by atoms with E-state index in [9.17, 15) is 4.39 Å². The highest BCUT2D eigenvalue weighted by molar-refractivity contribution is 9.10. The quantitative estimate of drug-likeness (QED) is 0.904. The van der Waals surface area contributed by atoms with E-state index in [4.69, 9.17) is 10.2 Å². The Labute approximate surface area is 114 Å². The van der Waals surface area contributed by atoms with Gasteiger partial charge in [0.25, 0.3) is 0 Å². The largest absolute Gasteiger partial charge is 0.466 e. The molecule has 1 heterocycles. The molecule has 1 unspecified atom stereocenters. The highest BCUT2D eigenvalue weighted by Crippen LogP contribution is 2.31. The minimum absolute atomic E-state index is 0.289. The Bertz CT molecular complexity index is 592. The van der Waals surface area contributed by atoms with E-state index in [1.165, 1.54) is 6.07 Å². The first-order chi connectivity index (χ1) is 8.41. The molecule has 0 radical (unpaired) electrons. The Balaban J connectivity index is 2.47. The number of hydrogen-bond donors (Lipinski definition) is 1. The molecule has 2 N–H and O–H groups in total. The molecule has 0 aliphatic carbocycles. The van der Waals surface area contributed by atoms with Crippen LogP contribution in [-0.4, -0.2) is 0 Å². The SMILES string of the molecule is Cc1oc(C)c(C(N)c2ccc(F)c(Br)c2)c1C. The molecule has 0 fully saturated rings. The molecular formula is C14H15BrFNO. The fourth-order valence-electron chi connectivity index (χ4n) is 2.14. The van der Waals surface area contributed by atoms with Crippen molar-refractivity contribution in [2.24, 2.45) is 5.73 Å². The summed E-state index contributed by atoms with van der Waals surface area (Å²) < 4.78 is 19.2. The van der Waals surface area contributed by atoms with Crippen LogP contribution in [0.15, 0.2) is 27.1 Å². The molecule has 0 bridgehead atoms. The second kappa shape index (κ2) is 4.86. The van der Waals surface area contributed by atoms with Gasteiger partial charge in [-0.3, -0.25) is 0 Å². The van der Waals surface area contributed by atoms with E-state index in [1.54, 1.807) is 12.1 Å². The summed E-state index contributed by atoms with van der Waals surface area (Å²) in [5, 5.41) is 0. The van der Waals surface area contributed by atoms with Crippen molar-refractivity contribution in [3.63, 3.8) is 0 Å². The summed E-state index contributed by atoms with van der Waals surface area (Å²) in [6.45, 7) is 5.80. The maximum Gasteiger partial charge on any atom is 0.137 e. The van der Waals surface area contributed by atoms with Gasteiger partial charge in [-0.2, -0.15) is 0 Å². The third-order valence-corrected chi connectivity index (χ3v) is 3.84. The molecule has 18 heavy (non-hydrogen) atoms. The van der Waals surface area contributed by atoms with Crippen molar-refractivity contribution < 1.29 is 8.81 Å². The number of nitrogens with two attached hydrogens (primary N) is 1. The van der Waals surface area contributed by atoms with E-state index in [0.717, 1.165) is 28.2 Å². The number of furan rings is 1. The van der Waals surface area contributed by atoms with Crippen LogP contribution in [-0.2, 0) is 0 Å². The van der Waals surface area contributed by atoms with Gasteiger partial charge in [0.05, 0.1) is 10.5 Å². The second-order valence-electron chi connectivity index (χ2n) is 4.40. The van der Waals surface area contributed by atoms with Crippen LogP contribution in [0, 0.1) is 26.6 Å². The molecule has 96 valence electrons. The number of benzene rings is 1. The Morgan fingerprint density at radius 1 is 1.22 bits per heavy atom. The number of aryl methyl sites for hydroxylation is 2. The fraction of sp³-hybridized carbons (Fsp3) is 0.286. The van der Waals surface area contributed by atoms with Gasteiger partial charge >= 0.3 is 0 Å². The fourth-order valence-corrected chi connectivity index (χ4v) is 2.54. The van der Waals surface area contributed by atoms with Gasteiger partial charge < -0.3 is 10.2 Å². The Morgan fingerprint density at radius 3 is 2.39 bits per heavy atom. The zero-order valence-corrected chi connectivity index (χ0v) is 12.1. The van der Waals surface area contributed by atoms with Crippen LogP contribution >= 0.6 is 15.9 Å². The second-order valence-corrected chi connectivity index (χ2v) is 5.26. The van der Waals surface area contributed by atoms with Gasteiger partial charge in [-0.1, -0.05) is 6.07 Å². The van der Waals surface area contributed by atoms with Crippen molar-refractivity contribution in [3.05, 3.63) is 56.7 Å². The first kappa shape index (κ1) is 13.3. The van der Waals surface area contributed by atoms with Crippen LogP contribution < -0.4 is 5.73 Å². The van der Waals surface area contributed by atoms with Crippen LogP contribution in [0.1, 0.15) is 34.3 Å². The zero-order valence-electron chi connectivity index (χ0n) is 10.6. The lowest BCUT2D eigenvalue weighted by molar-refractivity contribution is 0.498. The molecular weight excluding hydrogens is 297 g/mol. The van der Waals surface area contributed by atoms with E-state index in [0.29, 0.717) is 4.47 Å². The Kier molecular flexibility index (Phi) is 3.59. The molecule has 0 aliphatic rings. The molecule has 0 amide bonds. The minimum atomic E-state index is -0.306. The molecule has 2 nitrogen and oxygen atoms in total. The third kappa shape index (κ3) is 2.22. The maximum atomic E-state index is 13.2. The number of rotatable bonds is 2. The molecule has 1 atom stereocenters. The van der Waals surface area contributed by atoms with Gasteiger partial charge in [0, 0.05) is 5.56 Å². The normalized spacial score (nSPS) is 12.8. The molecule has 0 saturated carbocycles. The molecule has 0 saturated heterocycles. The Morgan fingerprint density at radius 2 is 1.89 bits per heavy atom. The van der Waals surface area contributed by atoms with E-state index in [1.807, 2.05) is 20.8 Å². The summed E-state index contributed by atoms with van der Waals surface area (Å²) in [5.41, 5.74) is 9.14. The van der Waals surface area contributed by atoms with Crippen molar-refractivity contribution >= 4 is 15.9 Å². The summed E-state index contributed by atoms with van der Waals surface area (Å²) in [6.07, 6.45) is 0. The highest BCUT2D eigenvalue weighted by Gasteiger charge is 2.19. The lowest BCUT2D eigenvalue weighted by atomic mass is 9.96. The van der Waals surface area contributed by atoms with E-state index < -0.39 is 0 Å². The summed E-state index contributed by atoms with van der Waals surface area (Å²) in [4.78, 5) is 0. The van der Waals surface area contributed by atoms with Gasteiger partial charge in [-0.25, -0.2) is 4.39 Å². The molecule has 2 rings (SSSR count). The lowest BCUT2D eigenvalue weighted by Crippen LogP contribution is -2.13. The average molecular weight is 312 g/mol. The summed E-state index contributed by atoms with van der Waals surface area (Å²) >= 11 is 3.18. The van der Waals surface area contributed by atoms with E-state index in [-0.39, 0.29) is 11.9 Å². The molecule has 4 heteroatoms. The van der Waals surface area contributed by atoms with Crippen molar-refractivity contribution in [1.82, 2.24) is 0 Å². The first-order valence-corrected chi connectivity index (χ1v) is 6.48. The first-order valence-electron chi connectivity index (χ1n) is 5.68. The van der Waals surface area contributed by atoms with Gasteiger partial charge in [0.15, 0.2) is 0 Å². The van der Waals surface area contributed by atoms with Crippen molar-refractivity contribution in [3.8, 4) is 0 Å². The molecule has 0 spiro atoms. The van der Waals surface area contributed by atoms with Crippen LogP contribution in [0.4, 0.5) is 4.39 Å². The minimum Gasteiger partial charge on any atom is -0.466 e. The van der Waals surface area contributed by atoms with Crippen LogP contribution in [0.25, 0.3) is 0 Å². The standard InChI is InChI=1S/C14H15BrFNO/c1-7-8(2)18-9(3)13(7)14(17)10-4-5-12(16)11(15)6-10/h4-6,14H,17H2,1-3H3. The van der Waals surface area contributed by atoms with Crippen LogP contribution in [0.3, 0.4) is 0 Å². The Hall–Kier alpha value is -1.13. The molecule has 2 aromatic rings. The summed E-state index contributed by atoms with van der Waals surface area (Å²) in [7, 11) is 0. The van der Waals surface area contributed by atoms with Crippen molar-refractivity contribution in [1.29, 1.82) is 0 Å². The summed E-state index contributed by atoms with van der Waals surface area (Å²) in [6, 6.07) is 4.52. The number of halogens is 2. The smallest absolute Gasteiger partial charge is 0.137 e. The summed E-state index contributed by atoms with van der Waals surface area (Å²) in [5.74, 6) is 1.40. The van der Waals surface area contributed by atoms with E-state index >= 15 is 0 Å². The van der Waals surface area contributed by atoms with Gasteiger partial charge in [-0.15, -0.1) is 0 Å². The van der Waals surface area contributed by atoms with Gasteiger partial charge in [-0.05, 0) is 60.0 Å². The lowest BCUT2D eigenvalue weighted by Gasteiger charge is -2.13. The topological polar surface area (TPSA) is 39.2 Å². The number of hydrogen-bond acceptors (Lipinski definition) is 2. The van der Waals surface area contributed by atoms with Gasteiger partial charge in [0.1, 0.15) is 17.3 Å². The van der Waals surface area contributed by atoms with E-state index in [2.05, 4.69) is 15.9 Å². The zero-order chi connectivity index (χ0) is 13.4. The monoisotopic (exact) mass is 311 g/mol. The highest BCUT2D eigenvalue weighted by atomic mass is 79.9. The van der Waals surface area contributed by atoms with Crippen LogP contribution in [0.2, 0.25) is 0 Å². The molecule has 1 aromatic heterocycles.